The number of aromatic nitrogens is 1. The molecular weight excluding hydrogens is 363 g/mol. The van der Waals surface area contributed by atoms with E-state index in [4.69, 9.17) is 0 Å². The monoisotopic (exact) mass is 379 g/mol. The molecule has 0 unspecified atom stereocenters. The van der Waals surface area contributed by atoms with E-state index < -0.39 is 21.6 Å². The summed E-state index contributed by atoms with van der Waals surface area (Å²) in [6.45, 7) is 1.87. The van der Waals surface area contributed by atoms with Gasteiger partial charge in [-0.2, -0.15) is 13.2 Å². The molecule has 0 saturated heterocycles. The van der Waals surface area contributed by atoms with Crippen LogP contribution in [-0.2, 0) is 21.8 Å². The lowest BCUT2D eigenvalue weighted by molar-refractivity contribution is -0.137. The first-order valence-electron chi connectivity index (χ1n) is 7.80. The molecule has 0 fully saturated rings. The van der Waals surface area contributed by atoms with E-state index in [1.165, 1.54) is 12.1 Å². The highest BCUT2D eigenvalue weighted by Gasteiger charge is 2.30. The second-order valence-electron chi connectivity index (χ2n) is 6.04. The molecule has 2 aromatic carbocycles. The molecule has 0 amide bonds. The van der Waals surface area contributed by atoms with E-state index in [-0.39, 0.29) is 10.6 Å². The maximum Gasteiger partial charge on any atom is 0.416 e. The predicted molar refractivity (Wildman–Crippen MR) is 93.3 cm³/mol. The summed E-state index contributed by atoms with van der Waals surface area (Å²) in [6.07, 6.45) is -4.39. The zero-order chi connectivity index (χ0) is 18.9. The normalized spacial score (nSPS) is 12.3. The lowest BCUT2D eigenvalue weighted by Gasteiger charge is -2.07. The molecule has 1 aromatic heterocycles. The molecule has 3 rings (SSSR count). The molecule has 1 heterocycles. The number of nitrogens with one attached hydrogen (secondary N) is 1. The highest BCUT2D eigenvalue weighted by molar-refractivity contribution is 7.90. The van der Waals surface area contributed by atoms with Crippen molar-refractivity contribution in [2.24, 2.45) is 0 Å². The van der Waals surface area contributed by atoms with Crippen molar-refractivity contribution in [1.82, 2.24) is 4.98 Å². The Morgan fingerprint density at radius 2 is 1.50 bits per heavy atom. The van der Waals surface area contributed by atoms with Crippen molar-refractivity contribution < 1.29 is 21.6 Å². The molecule has 26 heavy (non-hydrogen) atoms. The average molecular weight is 379 g/mol. The second kappa shape index (κ2) is 6.64. The van der Waals surface area contributed by atoms with Crippen LogP contribution in [0.2, 0.25) is 0 Å². The standard InChI is InChI=1S/C19H16F3NO2S/c1-13-2-9-17(10-3-13)26(24,25)12-16-8-11-18(23-16)14-4-6-15(7-5-14)19(20,21)22/h2-11,23H,12H2,1H3. The smallest absolute Gasteiger partial charge is 0.358 e. The van der Waals surface area contributed by atoms with Crippen molar-refractivity contribution in [2.75, 3.05) is 0 Å². The van der Waals surface area contributed by atoms with Crippen molar-refractivity contribution in [3.05, 3.63) is 77.5 Å². The first kappa shape index (κ1) is 18.3. The van der Waals surface area contributed by atoms with Crippen LogP contribution in [-0.4, -0.2) is 13.4 Å². The number of sulfone groups is 1. The van der Waals surface area contributed by atoms with Crippen LogP contribution in [0.5, 0.6) is 0 Å². The Labute approximate surface area is 149 Å². The molecule has 0 atom stereocenters. The lowest BCUT2D eigenvalue weighted by atomic mass is 10.1. The van der Waals surface area contributed by atoms with Crippen molar-refractivity contribution in [2.45, 2.75) is 23.7 Å². The molecule has 7 heteroatoms. The van der Waals surface area contributed by atoms with Gasteiger partial charge in [-0.25, -0.2) is 8.42 Å². The zero-order valence-electron chi connectivity index (χ0n) is 13.8. The summed E-state index contributed by atoms with van der Waals surface area (Å²) in [5.74, 6) is -0.212. The fourth-order valence-corrected chi connectivity index (χ4v) is 3.86. The van der Waals surface area contributed by atoms with E-state index in [0.717, 1.165) is 17.7 Å². The third-order valence-corrected chi connectivity index (χ3v) is 5.68. The summed E-state index contributed by atoms with van der Waals surface area (Å²) < 4.78 is 62.8. The summed E-state index contributed by atoms with van der Waals surface area (Å²) in [7, 11) is -3.51. The third kappa shape index (κ3) is 3.99. The quantitative estimate of drug-likeness (QED) is 0.695. The van der Waals surface area contributed by atoms with Gasteiger partial charge in [0.1, 0.15) is 0 Å². The molecule has 0 aliphatic carbocycles. The summed E-state index contributed by atoms with van der Waals surface area (Å²) >= 11 is 0. The van der Waals surface area contributed by atoms with Crippen molar-refractivity contribution in [3.63, 3.8) is 0 Å². The van der Waals surface area contributed by atoms with Gasteiger partial charge in [0.25, 0.3) is 0 Å². The van der Waals surface area contributed by atoms with Gasteiger partial charge in [-0.05, 0) is 48.9 Å². The number of halogens is 3. The van der Waals surface area contributed by atoms with Crippen LogP contribution in [0.3, 0.4) is 0 Å². The molecular formula is C19H16F3NO2S. The minimum Gasteiger partial charge on any atom is -0.358 e. The fraction of sp³-hybridized carbons (Fsp3) is 0.158. The number of hydrogen-bond acceptors (Lipinski definition) is 2. The van der Waals surface area contributed by atoms with E-state index in [2.05, 4.69) is 4.98 Å². The number of H-pyrrole nitrogens is 1. The van der Waals surface area contributed by atoms with Crippen molar-refractivity contribution >= 4 is 9.84 Å². The molecule has 1 N–H and O–H groups in total. The van der Waals surface area contributed by atoms with E-state index in [1.54, 1.807) is 36.4 Å². The van der Waals surface area contributed by atoms with Gasteiger partial charge >= 0.3 is 6.18 Å². The summed E-state index contributed by atoms with van der Waals surface area (Å²) in [5.41, 5.74) is 1.83. The first-order valence-corrected chi connectivity index (χ1v) is 9.45. The Hall–Kier alpha value is -2.54. The minimum atomic E-state index is -4.39. The van der Waals surface area contributed by atoms with Gasteiger partial charge in [-0.3, -0.25) is 0 Å². The summed E-state index contributed by atoms with van der Waals surface area (Å²) in [6, 6.07) is 14.6. The second-order valence-corrected chi connectivity index (χ2v) is 8.03. The van der Waals surface area contributed by atoms with Crippen LogP contribution >= 0.6 is 0 Å². The molecule has 0 aliphatic heterocycles. The molecule has 0 aliphatic rings. The van der Waals surface area contributed by atoms with Gasteiger partial charge in [0.2, 0.25) is 0 Å². The number of aromatic amines is 1. The number of rotatable bonds is 4. The molecule has 0 radical (unpaired) electrons. The van der Waals surface area contributed by atoms with Crippen LogP contribution in [0, 0.1) is 6.92 Å². The Morgan fingerprint density at radius 1 is 0.885 bits per heavy atom. The van der Waals surface area contributed by atoms with Crippen molar-refractivity contribution in [3.8, 4) is 11.3 Å². The Kier molecular flexibility index (Phi) is 4.66. The number of aryl methyl sites for hydroxylation is 1. The lowest BCUT2D eigenvalue weighted by Crippen LogP contribution is -2.05. The molecule has 136 valence electrons. The molecule has 0 bridgehead atoms. The highest BCUT2D eigenvalue weighted by Crippen LogP contribution is 2.31. The van der Waals surface area contributed by atoms with Crippen LogP contribution in [0.15, 0.2) is 65.6 Å². The van der Waals surface area contributed by atoms with E-state index >= 15 is 0 Å². The fourth-order valence-electron chi connectivity index (χ4n) is 2.57. The van der Waals surface area contributed by atoms with E-state index in [9.17, 15) is 21.6 Å². The maximum atomic E-state index is 12.6. The summed E-state index contributed by atoms with van der Waals surface area (Å²) in [4.78, 5) is 3.19. The Bertz CT molecular complexity index is 1000. The van der Waals surface area contributed by atoms with E-state index in [0.29, 0.717) is 17.0 Å². The molecule has 0 saturated carbocycles. The van der Waals surface area contributed by atoms with Gasteiger partial charge in [-0.1, -0.05) is 29.8 Å². The minimum absolute atomic E-state index is 0.212. The predicted octanol–water partition coefficient (Wildman–Crippen LogP) is 4.98. The largest absolute Gasteiger partial charge is 0.416 e. The number of hydrogen-bond donors (Lipinski definition) is 1. The number of alkyl halides is 3. The first-order chi connectivity index (χ1) is 12.1. The molecule has 3 aromatic rings. The average Bonchev–Trinajstić information content (AvgIpc) is 3.02. The maximum absolute atomic E-state index is 12.6. The van der Waals surface area contributed by atoms with Crippen LogP contribution in [0.1, 0.15) is 16.8 Å². The van der Waals surface area contributed by atoms with Gasteiger partial charge in [-0.15, -0.1) is 0 Å². The van der Waals surface area contributed by atoms with Gasteiger partial charge in [0.15, 0.2) is 9.84 Å². The summed E-state index contributed by atoms with van der Waals surface area (Å²) in [5, 5.41) is 0. The zero-order valence-corrected chi connectivity index (χ0v) is 14.7. The van der Waals surface area contributed by atoms with Crippen LogP contribution in [0.25, 0.3) is 11.3 Å². The molecule has 3 nitrogen and oxygen atoms in total. The van der Waals surface area contributed by atoms with Gasteiger partial charge in [0, 0.05) is 11.4 Å². The SMILES string of the molecule is Cc1ccc(S(=O)(=O)Cc2ccc(-c3ccc(C(F)(F)F)cc3)[nH]2)cc1. The third-order valence-electron chi connectivity index (χ3n) is 4.00. The van der Waals surface area contributed by atoms with Gasteiger partial charge in [0.05, 0.1) is 16.2 Å². The topological polar surface area (TPSA) is 49.9 Å². The van der Waals surface area contributed by atoms with Crippen LogP contribution in [0.4, 0.5) is 13.2 Å². The highest BCUT2D eigenvalue weighted by atomic mass is 32.2. The number of benzene rings is 2. The Morgan fingerprint density at radius 3 is 2.08 bits per heavy atom. The Balaban J connectivity index is 1.80. The van der Waals surface area contributed by atoms with Gasteiger partial charge < -0.3 is 4.98 Å². The van der Waals surface area contributed by atoms with Crippen molar-refractivity contribution in [1.29, 1.82) is 0 Å². The van der Waals surface area contributed by atoms with Crippen LogP contribution < -0.4 is 0 Å². The van der Waals surface area contributed by atoms with E-state index in [1.807, 2.05) is 6.92 Å². The molecule has 0 spiro atoms.